The molecule has 1 fully saturated rings. The predicted molar refractivity (Wildman–Crippen MR) is 87.8 cm³/mol. The molecular weight excluding hydrogens is 270 g/mol. The Morgan fingerprint density at radius 3 is 2.95 bits per heavy atom. The zero-order valence-corrected chi connectivity index (χ0v) is 13.6. The quantitative estimate of drug-likeness (QED) is 0.870. The molecule has 1 saturated heterocycles. The maximum absolute atomic E-state index is 6.43. The van der Waals surface area contributed by atoms with Crippen molar-refractivity contribution in [2.75, 3.05) is 38.6 Å². The van der Waals surface area contributed by atoms with Crippen molar-refractivity contribution < 1.29 is 0 Å². The Morgan fingerprint density at radius 1 is 1.45 bits per heavy atom. The summed E-state index contributed by atoms with van der Waals surface area (Å²) in [6, 6.07) is 6.82. The SMILES string of the molecule is CCN1CCCC1CN(C)c1c(Cl)cccc1CNC. The number of para-hydroxylation sites is 1. The molecule has 1 aliphatic rings. The molecule has 1 aliphatic heterocycles. The van der Waals surface area contributed by atoms with Gasteiger partial charge in [-0.2, -0.15) is 0 Å². The fourth-order valence-corrected chi connectivity index (χ4v) is 3.58. The number of likely N-dealkylation sites (tertiary alicyclic amines) is 1. The van der Waals surface area contributed by atoms with Crippen LogP contribution in [0.2, 0.25) is 5.02 Å². The van der Waals surface area contributed by atoms with Gasteiger partial charge in [0.15, 0.2) is 0 Å². The van der Waals surface area contributed by atoms with E-state index in [1.54, 1.807) is 0 Å². The molecule has 0 amide bonds. The van der Waals surface area contributed by atoms with E-state index in [-0.39, 0.29) is 0 Å². The van der Waals surface area contributed by atoms with Crippen LogP contribution >= 0.6 is 11.6 Å². The van der Waals surface area contributed by atoms with Crippen LogP contribution in [0.4, 0.5) is 5.69 Å². The number of rotatable bonds is 6. The number of nitrogens with zero attached hydrogens (tertiary/aromatic N) is 2. The van der Waals surface area contributed by atoms with Crippen LogP contribution in [-0.2, 0) is 6.54 Å². The number of likely N-dealkylation sites (N-methyl/N-ethyl adjacent to an activating group) is 2. The second kappa shape index (κ2) is 7.30. The summed E-state index contributed by atoms with van der Waals surface area (Å²) in [7, 11) is 4.13. The zero-order chi connectivity index (χ0) is 14.5. The molecule has 0 radical (unpaired) electrons. The zero-order valence-electron chi connectivity index (χ0n) is 12.8. The van der Waals surface area contributed by atoms with E-state index in [4.69, 9.17) is 11.6 Å². The number of hydrogen-bond acceptors (Lipinski definition) is 3. The van der Waals surface area contributed by atoms with Crippen LogP contribution in [0.1, 0.15) is 25.3 Å². The normalized spacial score (nSPS) is 19.5. The first kappa shape index (κ1) is 15.6. The summed E-state index contributed by atoms with van der Waals surface area (Å²) in [6.07, 6.45) is 2.61. The maximum Gasteiger partial charge on any atom is 0.0642 e. The van der Waals surface area contributed by atoms with Crippen LogP contribution in [0.15, 0.2) is 18.2 Å². The average molecular weight is 296 g/mol. The number of benzene rings is 1. The average Bonchev–Trinajstić information content (AvgIpc) is 2.86. The van der Waals surface area contributed by atoms with Gasteiger partial charge in [-0.05, 0) is 44.6 Å². The summed E-state index contributed by atoms with van der Waals surface area (Å²) in [5.41, 5.74) is 2.44. The molecule has 1 aromatic carbocycles. The molecule has 3 nitrogen and oxygen atoms in total. The monoisotopic (exact) mass is 295 g/mol. The topological polar surface area (TPSA) is 18.5 Å². The van der Waals surface area contributed by atoms with Gasteiger partial charge in [-0.3, -0.25) is 4.90 Å². The van der Waals surface area contributed by atoms with Crippen molar-refractivity contribution in [2.24, 2.45) is 0 Å². The predicted octanol–water partition coefficient (Wildman–Crippen LogP) is 2.98. The summed E-state index contributed by atoms with van der Waals surface area (Å²) in [5, 5.41) is 4.07. The van der Waals surface area contributed by atoms with Crippen molar-refractivity contribution in [1.82, 2.24) is 10.2 Å². The first-order valence-electron chi connectivity index (χ1n) is 7.54. The maximum atomic E-state index is 6.43. The fourth-order valence-electron chi connectivity index (χ4n) is 3.25. The standard InChI is InChI=1S/C16H26ClN3/c1-4-20-10-6-8-14(20)12-19(3)16-13(11-18-2)7-5-9-15(16)17/h5,7,9,14,18H,4,6,8,10-12H2,1-3H3. The fraction of sp³-hybridized carbons (Fsp3) is 0.625. The van der Waals surface area contributed by atoms with Gasteiger partial charge in [0.05, 0.1) is 10.7 Å². The van der Waals surface area contributed by atoms with Crippen LogP contribution in [0.25, 0.3) is 0 Å². The van der Waals surface area contributed by atoms with Gasteiger partial charge >= 0.3 is 0 Å². The number of hydrogen-bond donors (Lipinski definition) is 1. The lowest BCUT2D eigenvalue weighted by Crippen LogP contribution is -2.39. The molecule has 2 rings (SSSR count). The molecule has 1 atom stereocenters. The lowest BCUT2D eigenvalue weighted by atomic mass is 10.1. The van der Waals surface area contributed by atoms with E-state index in [1.165, 1.54) is 30.6 Å². The summed E-state index contributed by atoms with van der Waals surface area (Å²) in [5.74, 6) is 0. The molecule has 20 heavy (non-hydrogen) atoms. The smallest absolute Gasteiger partial charge is 0.0642 e. The Morgan fingerprint density at radius 2 is 2.25 bits per heavy atom. The van der Waals surface area contributed by atoms with E-state index in [9.17, 15) is 0 Å². The van der Waals surface area contributed by atoms with E-state index in [0.29, 0.717) is 6.04 Å². The highest BCUT2D eigenvalue weighted by molar-refractivity contribution is 6.33. The first-order chi connectivity index (χ1) is 9.67. The summed E-state index contributed by atoms with van der Waals surface area (Å²) in [4.78, 5) is 4.90. The van der Waals surface area contributed by atoms with Crippen LogP contribution < -0.4 is 10.2 Å². The van der Waals surface area contributed by atoms with Crippen molar-refractivity contribution >= 4 is 17.3 Å². The molecule has 0 aromatic heterocycles. The highest BCUT2D eigenvalue weighted by Gasteiger charge is 2.25. The Balaban J connectivity index is 2.14. The highest BCUT2D eigenvalue weighted by Crippen LogP contribution is 2.30. The minimum absolute atomic E-state index is 0.656. The summed E-state index contributed by atoms with van der Waals surface area (Å²) >= 11 is 6.43. The second-order valence-electron chi connectivity index (χ2n) is 5.58. The van der Waals surface area contributed by atoms with Gasteiger partial charge in [-0.15, -0.1) is 0 Å². The first-order valence-corrected chi connectivity index (χ1v) is 7.92. The van der Waals surface area contributed by atoms with Gasteiger partial charge in [0.2, 0.25) is 0 Å². The van der Waals surface area contributed by atoms with Crippen molar-refractivity contribution in [3.63, 3.8) is 0 Å². The Bertz CT molecular complexity index is 436. The van der Waals surface area contributed by atoms with Crippen molar-refractivity contribution in [2.45, 2.75) is 32.4 Å². The van der Waals surface area contributed by atoms with Crippen molar-refractivity contribution in [3.8, 4) is 0 Å². The number of halogens is 1. The van der Waals surface area contributed by atoms with Crippen LogP contribution in [0.5, 0.6) is 0 Å². The third-order valence-electron chi connectivity index (χ3n) is 4.21. The van der Waals surface area contributed by atoms with Crippen LogP contribution in [-0.4, -0.2) is 44.7 Å². The molecule has 0 saturated carbocycles. The lowest BCUT2D eigenvalue weighted by Gasteiger charge is -2.30. The van der Waals surface area contributed by atoms with E-state index in [1.807, 2.05) is 19.2 Å². The van der Waals surface area contributed by atoms with Crippen molar-refractivity contribution in [1.29, 1.82) is 0 Å². The number of nitrogens with one attached hydrogen (secondary N) is 1. The second-order valence-corrected chi connectivity index (χ2v) is 5.99. The third kappa shape index (κ3) is 3.46. The minimum Gasteiger partial charge on any atom is -0.372 e. The van der Waals surface area contributed by atoms with Crippen LogP contribution in [0, 0.1) is 0 Å². The molecule has 1 unspecified atom stereocenters. The molecule has 1 N–H and O–H groups in total. The van der Waals surface area contributed by atoms with E-state index < -0.39 is 0 Å². The van der Waals surface area contributed by atoms with E-state index in [2.05, 4.69) is 35.2 Å². The van der Waals surface area contributed by atoms with Crippen LogP contribution in [0.3, 0.4) is 0 Å². The summed E-state index contributed by atoms with van der Waals surface area (Å²) < 4.78 is 0. The molecule has 4 heteroatoms. The van der Waals surface area contributed by atoms with Gasteiger partial charge in [0.1, 0.15) is 0 Å². The highest BCUT2D eigenvalue weighted by atomic mass is 35.5. The molecule has 0 bridgehead atoms. The minimum atomic E-state index is 0.656. The van der Waals surface area contributed by atoms with Gasteiger partial charge in [0.25, 0.3) is 0 Å². The van der Waals surface area contributed by atoms with Gasteiger partial charge in [0, 0.05) is 26.2 Å². The van der Waals surface area contributed by atoms with Gasteiger partial charge in [-0.25, -0.2) is 0 Å². The Kier molecular flexibility index (Phi) is 5.70. The molecule has 112 valence electrons. The van der Waals surface area contributed by atoms with E-state index in [0.717, 1.165) is 24.7 Å². The van der Waals surface area contributed by atoms with Gasteiger partial charge in [-0.1, -0.05) is 30.7 Å². The molecule has 0 aliphatic carbocycles. The number of anilines is 1. The summed E-state index contributed by atoms with van der Waals surface area (Å²) in [6.45, 7) is 6.53. The Hall–Kier alpha value is -0.770. The largest absolute Gasteiger partial charge is 0.372 e. The van der Waals surface area contributed by atoms with Crippen molar-refractivity contribution in [3.05, 3.63) is 28.8 Å². The molecule has 1 heterocycles. The molecule has 0 spiro atoms. The molecule has 1 aromatic rings. The third-order valence-corrected chi connectivity index (χ3v) is 4.51. The van der Waals surface area contributed by atoms with E-state index >= 15 is 0 Å². The Labute approximate surface area is 127 Å². The lowest BCUT2D eigenvalue weighted by molar-refractivity contribution is 0.270. The molecular formula is C16H26ClN3. The van der Waals surface area contributed by atoms with Gasteiger partial charge < -0.3 is 10.2 Å².